The molecule has 0 bridgehead atoms. The normalized spacial score (nSPS) is 9.60. The summed E-state index contributed by atoms with van der Waals surface area (Å²) in [6.07, 6.45) is 0. The van der Waals surface area contributed by atoms with E-state index in [0.29, 0.717) is 0 Å². The summed E-state index contributed by atoms with van der Waals surface area (Å²) < 4.78 is 0. The van der Waals surface area contributed by atoms with E-state index in [9.17, 15) is 9.90 Å². The van der Waals surface area contributed by atoms with Crippen molar-refractivity contribution >= 4 is 22.4 Å². The van der Waals surface area contributed by atoms with Gasteiger partial charge in [0.2, 0.25) is 0 Å². The molecule has 0 radical (unpaired) electrons. The molecule has 0 saturated heterocycles. The fourth-order valence-electron chi connectivity index (χ4n) is 1.43. The molecule has 0 fully saturated rings. The first-order chi connectivity index (χ1) is 6.68. The first-order valence-electron chi connectivity index (χ1n) is 4.18. The van der Waals surface area contributed by atoms with Gasteiger partial charge in [0.25, 0.3) is 0 Å². The molecule has 0 unspecified atom stereocenters. The van der Waals surface area contributed by atoms with Crippen LogP contribution in [0, 0.1) is 0 Å². The van der Waals surface area contributed by atoms with Gasteiger partial charge >= 0.3 is 29.6 Å². The van der Waals surface area contributed by atoms with Gasteiger partial charge in [-0.3, -0.25) is 0 Å². The fourth-order valence-corrected chi connectivity index (χ4v) is 1.43. The van der Waals surface area contributed by atoms with Crippen molar-refractivity contribution in [2.24, 2.45) is 0 Å². The zero-order chi connectivity index (χ0) is 10.1. The van der Waals surface area contributed by atoms with Gasteiger partial charge in [-0.15, -0.1) is 0 Å². The first-order valence-corrected chi connectivity index (χ1v) is 4.18. The van der Waals surface area contributed by atoms with Gasteiger partial charge in [0.1, 0.15) is 0 Å². The minimum absolute atomic E-state index is 0. The van der Waals surface area contributed by atoms with Crippen molar-refractivity contribution in [2.45, 2.75) is 0 Å². The van der Waals surface area contributed by atoms with Crippen LogP contribution < -0.4 is 40.4 Å². The number of benzene rings is 2. The van der Waals surface area contributed by atoms with Crippen LogP contribution >= 0.6 is 0 Å². The molecule has 0 aliphatic carbocycles. The maximum Gasteiger partial charge on any atom is 1.00 e. The summed E-state index contributed by atoms with van der Waals surface area (Å²) in [4.78, 5) is 10.7. The molecule has 70 valence electrons. The summed E-state index contributed by atoms with van der Waals surface area (Å²) in [6.45, 7) is 0. The monoisotopic (exact) mass is 209 g/mol. The second-order valence-corrected chi connectivity index (χ2v) is 3.07. The summed E-state index contributed by atoms with van der Waals surface area (Å²) in [5, 5.41) is 12.4. The maximum absolute atomic E-state index is 10.7. The van der Waals surface area contributed by atoms with Crippen molar-refractivity contribution in [1.82, 2.24) is 0 Å². The summed E-state index contributed by atoms with van der Waals surface area (Å²) in [7, 11) is 0. The molecule has 0 atom stereocenters. The van der Waals surface area contributed by atoms with Gasteiger partial charge in [0, 0.05) is 11.3 Å². The van der Waals surface area contributed by atoms with Crippen LogP contribution in [0.5, 0.6) is 0 Å². The smallest absolute Gasteiger partial charge is 0.545 e. The molecular weight excluding hydrogens is 201 g/mol. The quantitative estimate of drug-likeness (QED) is 0.428. The Bertz CT molecular complexity index is 511. The zero-order valence-electron chi connectivity index (χ0n) is 8.36. The van der Waals surface area contributed by atoms with Crippen LogP contribution in [0.25, 0.3) is 10.8 Å². The molecule has 0 aliphatic heterocycles. The second-order valence-electron chi connectivity index (χ2n) is 3.07. The summed E-state index contributed by atoms with van der Waals surface area (Å²) in [5.41, 5.74) is 5.85. The topological polar surface area (TPSA) is 66.2 Å². The summed E-state index contributed by atoms with van der Waals surface area (Å²) in [5.74, 6) is -1.24. The largest absolute Gasteiger partial charge is 1.00 e. The SMILES string of the molecule is Nc1cc2ccccc2cc1C(=O)[O-].[Na+]. The Morgan fingerprint density at radius 1 is 1.13 bits per heavy atom. The number of carbonyl (C=O) groups is 1. The van der Waals surface area contributed by atoms with Crippen LogP contribution in [0.4, 0.5) is 5.69 Å². The van der Waals surface area contributed by atoms with E-state index in [4.69, 9.17) is 5.73 Å². The molecule has 2 aromatic carbocycles. The molecule has 3 nitrogen and oxygen atoms in total. The number of carbonyl (C=O) groups excluding carboxylic acids is 1. The number of nitrogens with two attached hydrogens (primary N) is 1. The van der Waals surface area contributed by atoms with Crippen molar-refractivity contribution in [3.8, 4) is 0 Å². The van der Waals surface area contributed by atoms with E-state index in [1.165, 1.54) is 6.07 Å². The minimum Gasteiger partial charge on any atom is -0.545 e. The van der Waals surface area contributed by atoms with Gasteiger partial charge in [0.05, 0.1) is 5.97 Å². The molecular formula is C11H8NNaO2. The number of hydrogen-bond acceptors (Lipinski definition) is 3. The van der Waals surface area contributed by atoms with E-state index < -0.39 is 5.97 Å². The zero-order valence-corrected chi connectivity index (χ0v) is 10.4. The molecule has 15 heavy (non-hydrogen) atoms. The van der Waals surface area contributed by atoms with E-state index in [1.54, 1.807) is 6.07 Å². The Morgan fingerprint density at radius 2 is 1.67 bits per heavy atom. The Morgan fingerprint density at radius 3 is 2.20 bits per heavy atom. The third kappa shape index (κ3) is 2.31. The third-order valence-corrected chi connectivity index (χ3v) is 2.14. The van der Waals surface area contributed by atoms with Crippen LogP contribution in [-0.4, -0.2) is 5.97 Å². The van der Waals surface area contributed by atoms with Gasteiger partial charge in [-0.1, -0.05) is 24.3 Å². The number of rotatable bonds is 1. The predicted octanol–water partition coefficient (Wildman–Crippen LogP) is -2.21. The van der Waals surface area contributed by atoms with Crippen molar-refractivity contribution in [3.63, 3.8) is 0 Å². The molecule has 2 N–H and O–H groups in total. The van der Waals surface area contributed by atoms with E-state index >= 15 is 0 Å². The molecule has 2 rings (SSSR count). The minimum atomic E-state index is -1.24. The summed E-state index contributed by atoms with van der Waals surface area (Å²) >= 11 is 0. The molecule has 0 aliphatic rings. The van der Waals surface area contributed by atoms with Gasteiger partial charge < -0.3 is 15.6 Å². The van der Waals surface area contributed by atoms with Gasteiger partial charge in [-0.2, -0.15) is 0 Å². The van der Waals surface area contributed by atoms with E-state index in [-0.39, 0.29) is 40.8 Å². The van der Waals surface area contributed by atoms with Crippen LogP contribution in [-0.2, 0) is 0 Å². The predicted molar refractivity (Wildman–Crippen MR) is 52.7 cm³/mol. The molecule has 0 spiro atoms. The van der Waals surface area contributed by atoms with Gasteiger partial charge in [0.15, 0.2) is 0 Å². The number of aromatic carboxylic acids is 1. The van der Waals surface area contributed by atoms with E-state index in [1.807, 2.05) is 24.3 Å². The average Bonchev–Trinajstić information content (AvgIpc) is 2.16. The Hall–Kier alpha value is -1.03. The molecule has 0 amide bonds. The third-order valence-electron chi connectivity index (χ3n) is 2.14. The fraction of sp³-hybridized carbons (Fsp3) is 0. The molecule has 0 aromatic heterocycles. The number of carboxylic acid groups (broad SMARTS) is 1. The standard InChI is InChI=1S/C11H9NO2.Na/c12-10-6-8-4-2-1-3-7(8)5-9(10)11(13)14;/h1-6H,12H2,(H,13,14);/q;+1/p-1. The Kier molecular flexibility index (Phi) is 3.74. The number of anilines is 1. The Labute approximate surface area is 109 Å². The summed E-state index contributed by atoms with van der Waals surface area (Å²) in [6, 6.07) is 10.6. The second kappa shape index (κ2) is 4.66. The maximum atomic E-state index is 10.7. The number of hydrogen-bond donors (Lipinski definition) is 1. The molecule has 4 heteroatoms. The van der Waals surface area contributed by atoms with Gasteiger partial charge in [-0.05, 0) is 22.9 Å². The van der Waals surface area contributed by atoms with Crippen molar-refractivity contribution in [2.75, 3.05) is 5.73 Å². The average molecular weight is 209 g/mol. The molecule has 2 aromatic rings. The van der Waals surface area contributed by atoms with Crippen LogP contribution in [0.2, 0.25) is 0 Å². The van der Waals surface area contributed by atoms with Crippen molar-refractivity contribution in [3.05, 3.63) is 42.0 Å². The number of carboxylic acids is 1. The van der Waals surface area contributed by atoms with Crippen LogP contribution in [0.3, 0.4) is 0 Å². The first kappa shape index (κ1) is 12.0. The van der Waals surface area contributed by atoms with E-state index in [0.717, 1.165) is 10.8 Å². The van der Waals surface area contributed by atoms with Crippen molar-refractivity contribution < 1.29 is 39.5 Å². The molecule has 0 saturated carbocycles. The molecule has 0 heterocycles. The number of nitrogen functional groups attached to an aromatic ring is 1. The van der Waals surface area contributed by atoms with Crippen LogP contribution in [0.1, 0.15) is 10.4 Å². The van der Waals surface area contributed by atoms with E-state index in [2.05, 4.69) is 0 Å². The van der Waals surface area contributed by atoms with Crippen molar-refractivity contribution in [1.29, 1.82) is 0 Å². The Balaban J connectivity index is 0.00000112. The number of fused-ring (bicyclic) bond motifs is 1. The van der Waals surface area contributed by atoms with Crippen LogP contribution in [0.15, 0.2) is 36.4 Å². The van der Waals surface area contributed by atoms with Gasteiger partial charge in [-0.25, -0.2) is 0 Å².